The minimum Gasteiger partial charge on any atom is -0.415 e. The highest BCUT2D eigenvalue weighted by molar-refractivity contribution is 7.89. The van der Waals surface area contributed by atoms with Crippen molar-refractivity contribution in [3.8, 4) is 11.5 Å². The molecule has 0 bridgehead atoms. The third-order valence-electron chi connectivity index (χ3n) is 5.72. The van der Waals surface area contributed by atoms with Crippen molar-refractivity contribution < 1.29 is 44.0 Å². The summed E-state index contributed by atoms with van der Waals surface area (Å²) < 4.78 is 114. The fourth-order valence-electron chi connectivity index (χ4n) is 4.14. The van der Waals surface area contributed by atoms with Crippen LogP contribution in [0.1, 0.15) is 44.1 Å². The molecule has 34 heavy (non-hydrogen) atoms. The molecule has 2 heterocycles. The van der Waals surface area contributed by atoms with E-state index in [1.54, 1.807) is 0 Å². The second-order valence-electron chi connectivity index (χ2n) is 8.19. The Kier molecular flexibility index (Phi) is 5.91. The molecular formula is C19H18F6N4O4S. The summed E-state index contributed by atoms with van der Waals surface area (Å²) >= 11 is 0. The molecule has 1 fully saturated rings. The summed E-state index contributed by atoms with van der Waals surface area (Å²) in [5, 5.41) is 8.47. The van der Waals surface area contributed by atoms with Crippen LogP contribution >= 0.6 is 0 Å². The maximum absolute atomic E-state index is 15.0. The molecule has 15 heteroatoms. The average Bonchev–Trinajstić information content (AvgIpc) is 3.30. The van der Waals surface area contributed by atoms with E-state index in [9.17, 15) is 39.6 Å². The number of nitrogens with one attached hydrogen (secondary N) is 1. The van der Waals surface area contributed by atoms with Crippen LogP contribution in [0.3, 0.4) is 0 Å². The van der Waals surface area contributed by atoms with Gasteiger partial charge in [0.2, 0.25) is 15.9 Å². The standard InChI is InChI=1S/C19H18F6N4O4S/c1-18(22,23)17(30)26-11-3-2-6-19(24,25)13(11)29-8-10-5-4-9(7-12(10)34(29,31)32)15-27-28-16(33-15)14(20)21/h4-5,7,11,13-14H,2-3,6,8H2,1H3,(H,26,30)/t11-,13+/m1/s1. The molecule has 8 nitrogen and oxygen atoms in total. The van der Waals surface area contributed by atoms with E-state index in [2.05, 4.69) is 10.2 Å². The highest BCUT2D eigenvalue weighted by Crippen LogP contribution is 2.44. The largest absolute Gasteiger partial charge is 0.415 e. The van der Waals surface area contributed by atoms with Gasteiger partial charge in [0.25, 0.3) is 17.7 Å². The molecule has 2 atom stereocenters. The average molecular weight is 512 g/mol. The number of aromatic nitrogens is 2. The van der Waals surface area contributed by atoms with Crippen LogP contribution in [0.25, 0.3) is 11.5 Å². The van der Waals surface area contributed by atoms with Gasteiger partial charge in [-0.15, -0.1) is 10.2 Å². The van der Waals surface area contributed by atoms with Crippen molar-refractivity contribution in [2.75, 3.05) is 0 Å². The summed E-state index contributed by atoms with van der Waals surface area (Å²) in [5.74, 6) is -10.6. The normalized spacial score (nSPS) is 24.2. The Hall–Kier alpha value is -2.68. The van der Waals surface area contributed by atoms with Gasteiger partial charge in [0.05, 0.1) is 10.9 Å². The summed E-state index contributed by atoms with van der Waals surface area (Å²) in [6.45, 7) is -0.196. The molecular weight excluding hydrogens is 494 g/mol. The van der Waals surface area contributed by atoms with Gasteiger partial charge in [-0.25, -0.2) is 17.2 Å². The van der Waals surface area contributed by atoms with Crippen LogP contribution in [0, 0.1) is 0 Å². The fraction of sp³-hybridized carbons (Fsp3) is 0.526. The first-order valence-corrected chi connectivity index (χ1v) is 11.5. The zero-order valence-electron chi connectivity index (χ0n) is 17.4. The van der Waals surface area contributed by atoms with Crippen LogP contribution in [0.4, 0.5) is 26.3 Å². The third kappa shape index (κ3) is 4.26. The zero-order valence-corrected chi connectivity index (χ0v) is 18.3. The van der Waals surface area contributed by atoms with Crippen LogP contribution in [-0.2, 0) is 21.4 Å². The Morgan fingerprint density at radius 1 is 1.29 bits per heavy atom. The van der Waals surface area contributed by atoms with E-state index in [-0.39, 0.29) is 24.0 Å². The molecule has 0 radical (unpaired) electrons. The smallest absolute Gasteiger partial charge is 0.321 e. The molecule has 0 unspecified atom stereocenters. The molecule has 1 aliphatic heterocycles. The van der Waals surface area contributed by atoms with Crippen molar-refractivity contribution in [1.29, 1.82) is 0 Å². The SMILES string of the molecule is CC(F)(F)C(=O)N[C@@H]1CCCC(F)(F)[C@H]1N1Cc2ccc(-c3nnc(C(F)F)o3)cc2S1(=O)=O. The number of sulfonamides is 1. The van der Waals surface area contributed by atoms with E-state index in [1.165, 1.54) is 12.1 Å². The second kappa shape index (κ2) is 8.22. The molecule has 1 aliphatic carbocycles. The molecule has 186 valence electrons. The van der Waals surface area contributed by atoms with E-state index >= 15 is 0 Å². The lowest BCUT2D eigenvalue weighted by atomic mass is 9.86. The number of carbonyl (C=O) groups is 1. The Balaban J connectivity index is 1.69. The predicted octanol–water partition coefficient (Wildman–Crippen LogP) is 3.51. The number of benzene rings is 1. The Labute approximate surface area is 189 Å². The molecule has 0 spiro atoms. The number of nitrogens with zero attached hydrogens (tertiary/aromatic N) is 3. The lowest BCUT2D eigenvalue weighted by Crippen LogP contribution is -2.63. The van der Waals surface area contributed by atoms with Crippen LogP contribution in [0.15, 0.2) is 27.5 Å². The Morgan fingerprint density at radius 3 is 2.62 bits per heavy atom. The molecule has 2 aliphatic rings. The van der Waals surface area contributed by atoms with Crippen LogP contribution < -0.4 is 5.32 Å². The van der Waals surface area contributed by atoms with Crippen LogP contribution in [0.5, 0.6) is 0 Å². The van der Waals surface area contributed by atoms with Crippen molar-refractivity contribution in [3.63, 3.8) is 0 Å². The van der Waals surface area contributed by atoms with Gasteiger partial charge in [0.1, 0.15) is 6.04 Å². The third-order valence-corrected chi connectivity index (χ3v) is 7.63. The van der Waals surface area contributed by atoms with Gasteiger partial charge >= 0.3 is 12.3 Å². The first kappa shape index (κ1) is 24.4. The van der Waals surface area contributed by atoms with Crippen LogP contribution in [0.2, 0.25) is 0 Å². The number of hydrogen-bond acceptors (Lipinski definition) is 6. The monoisotopic (exact) mass is 512 g/mol. The number of carbonyl (C=O) groups excluding carboxylic acids is 1. The minimum absolute atomic E-state index is 0.0329. The number of hydrogen-bond donors (Lipinski definition) is 1. The van der Waals surface area contributed by atoms with Gasteiger partial charge in [-0.3, -0.25) is 4.79 Å². The zero-order chi connectivity index (χ0) is 25.1. The summed E-state index contributed by atoms with van der Waals surface area (Å²) in [7, 11) is -4.58. The molecule has 1 N–H and O–H groups in total. The van der Waals surface area contributed by atoms with Crippen molar-refractivity contribution in [2.45, 2.75) is 68.0 Å². The molecule has 1 aromatic heterocycles. The van der Waals surface area contributed by atoms with Gasteiger partial charge in [0, 0.05) is 25.5 Å². The molecule has 0 saturated heterocycles. The highest BCUT2D eigenvalue weighted by atomic mass is 32.2. The summed E-state index contributed by atoms with van der Waals surface area (Å²) in [6, 6.07) is -0.0560. The lowest BCUT2D eigenvalue weighted by molar-refractivity contribution is -0.148. The van der Waals surface area contributed by atoms with Crippen molar-refractivity contribution in [1.82, 2.24) is 19.8 Å². The summed E-state index contributed by atoms with van der Waals surface area (Å²) in [4.78, 5) is 11.4. The molecule has 4 rings (SSSR count). The first-order chi connectivity index (χ1) is 15.7. The number of halogens is 6. The number of fused-ring (bicyclic) bond motifs is 1. The van der Waals surface area contributed by atoms with E-state index in [0.29, 0.717) is 11.2 Å². The van der Waals surface area contributed by atoms with Gasteiger partial charge in [0.15, 0.2) is 0 Å². The van der Waals surface area contributed by atoms with Crippen molar-refractivity contribution in [3.05, 3.63) is 29.7 Å². The predicted molar refractivity (Wildman–Crippen MR) is 103 cm³/mol. The number of rotatable bonds is 5. The number of alkyl halides is 6. The summed E-state index contributed by atoms with van der Waals surface area (Å²) in [6.07, 6.45) is -3.99. The molecule has 1 amide bonds. The molecule has 1 aromatic carbocycles. The van der Waals surface area contributed by atoms with Gasteiger partial charge in [-0.05, 0) is 30.5 Å². The topological polar surface area (TPSA) is 105 Å². The van der Waals surface area contributed by atoms with Gasteiger partial charge in [-0.1, -0.05) is 6.07 Å². The quantitative estimate of drug-likeness (QED) is 0.615. The van der Waals surface area contributed by atoms with Crippen molar-refractivity contribution in [2.24, 2.45) is 0 Å². The first-order valence-electron chi connectivity index (χ1n) is 10.0. The maximum atomic E-state index is 15.0. The molecule has 2 aromatic rings. The second-order valence-corrected chi connectivity index (χ2v) is 10.0. The van der Waals surface area contributed by atoms with Crippen LogP contribution in [-0.4, -0.2) is 52.8 Å². The fourth-order valence-corrected chi connectivity index (χ4v) is 6.04. The van der Waals surface area contributed by atoms with E-state index in [1.807, 2.05) is 5.32 Å². The minimum atomic E-state index is -4.58. The lowest BCUT2D eigenvalue weighted by Gasteiger charge is -2.42. The highest BCUT2D eigenvalue weighted by Gasteiger charge is 2.56. The number of amides is 1. The Bertz CT molecular complexity index is 1210. The van der Waals surface area contributed by atoms with Crippen molar-refractivity contribution >= 4 is 15.9 Å². The van der Waals surface area contributed by atoms with E-state index in [4.69, 9.17) is 4.42 Å². The van der Waals surface area contributed by atoms with Gasteiger partial charge < -0.3 is 9.73 Å². The molecule has 1 saturated carbocycles. The van der Waals surface area contributed by atoms with E-state index < -0.39 is 75.9 Å². The maximum Gasteiger partial charge on any atom is 0.321 e. The van der Waals surface area contributed by atoms with E-state index in [0.717, 1.165) is 6.07 Å². The Morgan fingerprint density at radius 2 is 2.00 bits per heavy atom. The van der Waals surface area contributed by atoms with Gasteiger partial charge in [-0.2, -0.15) is 21.9 Å². The summed E-state index contributed by atoms with van der Waals surface area (Å²) in [5.41, 5.74) is 0.0825.